The highest BCUT2D eigenvalue weighted by atomic mass is 16.1. The molecule has 0 atom stereocenters. The highest BCUT2D eigenvalue weighted by molar-refractivity contribution is 6.07. The van der Waals surface area contributed by atoms with Gasteiger partial charge in [0.05, 0.1) is 6.20 Å². The fourth-order valence-corrected chi connectivity index (χ4v) is 1.67. The van der Waals surface area contributed by atoms with Crippen molar-refractivity contribution >= 4 is 17.4 Å². The Morgan fingerprint density at radius 1 is 1.35 bits per heavy atom. The second-order valence-corrected chi connectivity index (χ2v) is 3.92. The van der Waals surface area contributed by atoms with Crippen molar-refractivity contribution in [2.24, 2.45) is 0 Å². The molecule has 0 spiro atoms. The van der Waals surface area contributed by atoms with Crippen molar-refractivity contribution in [3.8, 4) is 0 Å². The molecular formula is C12H14N4O. The lowest BCUT2D eigenvalue weighted by atomic mass is 10.1. The number of amides is 1. The normalized spacial score (nSPS) is 10.2. The van der Waals surface area contributed by atoms with Crippen molar-refractivity contribution < 1.29 is 4.79 Å². The summed E-state index contributed by atoms with van der Waals surface area (Å²) in [5, 5.41) is 9.09. The summed E-state index contributed by atoms with van der Waals surface area (Å²) in [5.74, 6) is 0.0161. The molecule has 88 valence electrons. The molecule has 0 aliphatic heterocycles. The molecule has 1 aromatic heterocycles. The van der Waals surface area contributed by atoms with Gasteiger partial charge in [-0.1, -0.05) is 18.2 Å². The minimum absolute atomic E-state index is 0.256. The summed E-state index contributed by atoms with van der Waals surface area (Å²) in [5.41, 5.74) is 8.79. The maximum atomic E-state index is 11.9. The Morgan fingerprint density at radius 2 is 2.00 bits per heavy atom. The maximum Gasteiger partial charge on any atom is 0.261 e. The summed E-state index contributed by atoms with van der Waals surface area (Å²) in [6, 6.07) is 5.84. The van der Waals surface area contributed by atoms with Gasteiger partial charge in [-0.3, -0.25) is 9.89 Å². The SMILES string of the molecule is Cc1cccc(C)c1NC(=O)c1cn[nH]c1N. The predicted octanol–water partition coefficient (Wildman–Crippen LogP) is 1.86. The van der Waals surface area contributed by atoms with E-state index in [1.807, 2.05) is 32.0 Å². The summed E-state index contributed by atoms with van der Waals surface area (Å²) in [7, 11) is 0. The third kappa shape index (κ3) is 2.13. The number of nitrogens with one attached hydrogen (secondary N) is 2. The predicted molar refractivity (Wildman–Crippen MR) is 66.9 cm³/mol. The van der Waals surface area contributed by atoms with Gasteiger partial charge in [-0.05, 0) is 25.0 Å². The van der Waals surface area contributed by atoms with E-state index in [-0.39, 0.29) is 11.7 Å². The molecule has 0 radical (unpaired) electrons. The molecule has 0 fully saturated rings. The zero-order valence-electron chi connectivity index (χ0n) is 9.74. The van der Waals surface area contributed by atoms with E-state index in [4.69, 9.17) is 5.73 Å². The average Bonchev–Trinajstić information content (AvgIpc) is 2.70. The van der Waals surface area contributed by atoms with Crippen LogP contribution in [0.5, 0.6) is 0 Å². The van der Waals surface area contributed by atoms with Gasteiger partial charge in [0, 0.05) is 5.69 Å². The number of carbonyl (C=O) groups is 1. The van der Waals surface area contributed by atoms with Crippen molar-refractivity contribution in [3.05, 3.63) is 41.1 Å². The number of aryl methyl sites for hydroxylation is 2. The van der Waals surface area contributed by atoms with Crippen LogP contribution in [0, 0.1) is 13.8 Å². The summed E-state index contributed by atoms with van der Waals surface area (Å²) in [6.07, 6.45) is 1.41. The third-order valence-corrected chi connectivity index (χ3v) is 2.63. The number of aromatic nitrogens is 2. The molecule has 0 saturated carbocycles. The van der Waals surface area contributed by atoms with Gasteiger partial charge in [0.15, 0.2) is 0 Å². The van der Waals surface area contributed by atoms with Gasteiger partial charge in [0.25, 0.3) is 5.91 Å². The summed E-state index contributed by atoms with van der Waals surface area (Å²) >= 11 is 0. The first-order valence-electron chi connectivity index (χ1n) is 5.26. The molecule has 17 heavy (non-hydrogen) atoms. The number of nitrogens with two attached hydrogens (primary N) is 1. The van der Waals surface area contributed by atoms with E-state index in [0.717, 1.165) is 16.8 Å². The van der Waals surface area contributed by atoms with E-state index in [1.54, 1.807) is 0 Å². The molecule has 4 N–H and O–H groups in total. The number of carbonyl (C=O) groups excluding carboxylic acids is 1. The largest absolute Gasteiger partial charge is 0.383 e. The van der Waals surface area contributed by atoms with Gasteiger partial charge >= 0.3 is 0 Å². The van der Waals surface area contributed by atoms with Crippen LogP contribution in [0.3, 0.4) is 0 Å². The number of para-hydroxylation sites is 1. The van der Waals surface area contributed by atoms with Gasteiger partial charge in [-0.2, -0.15) is 5.10 Å². The monoisotopic (exact) mass is 230 g/mol. The summed E-state index contributed by atoms with van der Waals surface area (Å²) in [6.45, 7) is 3.89. The van der Waals surface area contributed by atoms with Crippen molar-refractivity contribution in [2.45, 2.75) is 13.8 Å². The van der Waals surface area contributed by atoms with Crippen LogP contribution in [0.15, 0.2) is 24.4 Å². The second-order valence-electron chi connectivity index (χ2n) is 3.92. The van der Waals surface area contributed by atoms with Crippen LogP contribution in [0.4, 0.5) is 11.5 Å². The molecule has 0 bridgehead atoms. The van der Waals surface area contributed by atoms with E-state index in [9.17, 15) is 4.79 Å². The first-order valence-corrected chi connectivity index (χ1v) is 5.26. The van der Waals surface area contributed by atoms with E-state index < -0.39 is 0 Å². The first-order chi connectivity index (χ1) is 8.09. The third-order valence-electron chi connectivity index (χ3n) is 2.63. The number of benzene rings is 1. The summed E-state index contributed by atoms with van der Waals surface area (Å²) < 4.78 is 0. The van der Waals surface area contributed by atoms with Gasteiger partial charge in [0.2, 0.25) is 0 Å². The Morgan fingerprint density at radius 3 is 2.53 bits per heavy atom. The first kappa shape index (κ1) is 11.2. The highest BCUT2D eigenvalue weighted by Crippen LogP contribution is 2.20. The van der Waals surface area contributed by atoms with Crippen LogP contribution in [-0.2, 0) is 0 Å². The molecule has 0 unspecified atom stereocenters. The second kappa shape index (κ2) is 4.29. The Labute approximate surface area is 99.0 Å². The van der Waals surface area contributed by atoms with Crippen LogP contribution >= 0.6 is 0 Å². The smallest absolute Gasteiger partial charge is 0.261 e. The molecule has 1 aromatic carbocycles. The van der Waals surface area contributed by atoms with Gasteiger partial charge in [-0.25, -0.2) is 0 Å². The molecule has 5 nitrogen and oxygen atoms in total. The van der Waals surface area contributed by atoms with Crippen molar-refractivity contribution in [2.75, 3.05) is 11.1 Å². The Kier molecular flexibility index (Phi) is 2.82. The van der Waals surface area contributed by atoms with Crippen molar-refractivity contribution in [1.82, 2.24) is 10.2 Å². The minimum atomic E-state index is -0.256. The Balaban J connectivity index is 2.28. The number of rotatable bonds is 2. The number of aromatic amines is 1. The van der Waals surface area contributed by atoms with Crippen molar-refractivity contribution in [1.29, 1.82) is 0 Å². The maximum absolute atomic E-state index is 11.9. The number of hydrogen-bond donors (Lipinski definition) is 3. The Hall–Kier alpha value is -2.30. The minimum Gasteiger partial charge on any atom is -0.383 e. The van der Waals surface area contributed by atoms with E-state index >= 15 is 0 Å². The fraction of sp³-hybridized carbons (Fsp3) is 0.167. The molecule has 0 aliphatic rings. The molecular weight excluding hydrogens is 216 g/mol. The van der Waals surface area contributed by atoms with E-state index in [2.05, 4.69) is 15.5 Å². The Bertz CT molecular complexity index is 539. The zero-order valence-corrected chi connectivity index (χ0v) is 9.74. The lowest BCUT2D eigenvalue weighted by Crippen LogP contribution is -2.14. The summed E-state index contributed by atoms with van der Waals surface area (Å²) in [4.78, 5) is 11.9. The molecule has 1 heterocycles. The van der Waals surface area contributed by atoms with Crippen LogP contribution in [0.2, 0.25) is 0 Å². The molecule has 2 rings (SSSR count). The number of H-pyrrole nitrogens is 1. The van der Waals surface area contributed by atoms with Crippen molar-refractivity contribution in [3.63, 3.8) is 0 Å². The van der Waals surface area contributed by atoms with E-state index in [0.29, 0.717) is 5.56 Å². The molecule has 5 heteroatoms. The fourth-order valence-electron chi connectivity index (χ4n) is 1.67. The highest BCUT2D eigenvalue weighted by Gasteiger charge is 2.13. The van der Waals surface area contributed by atoms with Gasteiger partial charge < -0.3 is 11.1 Å². The number of anilines is 2. The molecule has 0 aliphatic carbocycles. The lowest BCUT2D eigenvalue weighted by Gasteiger charge is -2.10. The van der Waals surface area contributed by atoms with E-state index in [1.165, 1.54) is 6.20 Å². The van der Waals surface area contributed by atoms with Gasteiger partial charge in [-0.15, -0.1) is 0 Å². The standard InChI is InChI=1S/C12H14N4O/c1-7-4-3-5-8(2)10(7)15-12(17)9-6-14-16-11(9)13/h3-6H,1-2H3,(H,15,17)(H3,13,14,16). The number of nitrogens with zero attached hydrogens (tertiary/aromatic N) is 1. The van der Waals surface area contributed by atoms with Crippen LogP contribution in [0.1, 0.15) is 21.5 Å². The quantitative estimate of drug-likeness (QED) is 0.736. The molecule has 1 amide bonds. The number of nitrogen functional groups attached to an aromatic ring is 1. The average molecular weight is 230 g/mol. The van der Waals surface area contributed by atoms with Crippen LogP contribution in [-0.4, -0.2) is 16.1 Å². The molecule has 0 saturated heterocycles. The van der Waals surface area contributed by atoms with Crippen LogP contribution < -0.4 is 11.1 Å². The van der Waals surface area contributed by atoms with Gasteiger partial charge in [0.1, 0.15) is 11.4 Å². The van der Waals surface area contributed by atoms with Crippen LogP contribution in [0.25, 0.3) is 0 Å². The number of hydrogen-bond acceptors (Lipinski definition) is 3. The lowest BCUT2D eigenvalue weighted by molar-refractivity contribution is 0.102. The zero-order chi connectivity index (χ0) is 12.4. The topological polar surface area (TPSA) is 83.8 Å². The molecule has 2 aromatic rings.